The number of hydrogen-bond acceptors (Lipinski definition) is 3. The number of benzene rings is 1. The summed E-state index contributed by atoms with van der Waals surface area (Å²) < 4.78 is 28.8. The molecule has 0 bridgehead atoms. The Hall–Kier alpha value is -1.83. The molecule has 1 N–H and O–H groups in total. The second-order valence-electron chi connectivity index (χ2n) is 6.74. The summed E-state index contributed by atoms with van der Waals surface area (Å²) in [4.78, 5) is 12.7. The minimum Gasteiger partial charge on any atom is -0.345 e. The zero-order chi connectivity index (χ0) is 18.9. The van der Waals surface area contributed by atoms with Gasteiger partial charge in [0.1, 0.15) is 10.6 Å². The molecule has 0 spiro atoms. The summed E-state index contributed by atoms with van der Waals surface area (Å²) in [6, 6.07) is 8.16. The number of carbonyl (C=O) groups excluding carboxylic acids is 1. The highest BCUT2D eigenvalue weighted by Gasteiger charge is 2.30. The van der Waals surface area contributed by atoms with Gasteiger partial charge in [-0.2, -0.15) is 4.31 Å². The lowest BCUT2D eigenvalue weighted by Gasteiger charge is -2.29. The van der Waals surface area contributed by atoms with Gasteiger partial charge in [-0.1, -0.05) is 18.5 Å². The van der Waals surface area contributed by atoms with E-state index in [0.717, 1.165) is 12.8 Å². The van der Waals surface area contributed by atoms with Crippen molar-refractivity contribution in [3.05, 3.63) is 47.2 Å². The molecule has 1 amide bonds. The van der Waals surface area contributed by atoms with Crippen LogP contribution >= 0.6 is 11.6 Å². The minimum atomic E-state index is -3.59. The Labute approximate surface area is 158 Å². The van der Waals surface area contributed by atoms with Crippen molar-refractivity contribution < 1.29 is 13.2 Å². The van der Waals surface area contributed by atoms with E-state index < -0.39 is 10.0 Å². The molecule has 140 valence electrons. The molecule has 0 saturated carbocycles. The zero-order valence-corrected chi connectivity index (χ0v) is 16.3. The number of nitrogens with one attached hydrogen (secondary N) is 1. The molecule has 8 heteroatoms. The first kappa shape index (κ1) is 18.9. The Kier molecular flexibility index (Phi) is 5.41. The minimum absolute atomic E-state index is 0.148. The van der Waals surface area contributed by atoms with Crippen LogP contribution in [0.5, 0.6) is 0 Å². The van der Waals surface area contributed by atoms with Gasteiger partial charge in [-0.3, -0.25) is 4.79 Å². The Morgan fingerprint density at radius 2 is 1.96 bits per heavy atom. The maximum Gasteiger partial charge on any atom is 0.272 e. The van der Waals surface area contributed by atoms with Crippen LogP contribution in [0.3, 0.4) is 0 Å². The van der Waals surface area contributed by atoms with E-state index >= 15 is 0 Å². The number of piperidine rings is 1. The van der Waals surface area contributed by atoms with Gasteiger partial charge in [0, 0.05) is 37.0 Å². The molecular formula is C18H22ClN3O3S. The molecule has 3 rings (SSSR count). The maximum atomic E-state index is 12.9. The molecule has 2 aromatic rings. The van der Waals surface area contributed by atoms with Gasteiger partial charge in [0.2, 0.25) is 10.0 Å². The van der Waals surface area contributed by atoms with Gasteiger partial charge in [-0.15, -0.1) is 0 Å². The van der Waals surface area contributed by atoms with Crippen molar-refractivity contribution in [2.45, 2.75) is 24.7 Å². The number of carbonyl (C=O) groups is 1. The zero-order valence-electron chi connectivity index (χ0n) is 14.8. The van der Waals surface area contributed by atoms with Crippen LogP contribution in [-0.4, -0.2) is 36.3 Å². The third-order valence-corrected chi connectivity index (χ3v) is 6.65. The predicted molar refractivity (Wildman–Crippen MR) is 102 cm³/mol. The third kappa shape index (κ3) is 3.95. The van der Waals surface area contributed by atoms with Crippen molar-refractivity contribution in [1.82, 2.24) is 8.87 Å². The van der Waals surface area contributed by atoms with Gasteiger partial charge < -0.3 is 9.88 Å². The van der Waals surface area contributed by atoms with Crippen LogP contribution in [-0.2, 0) is 17.1 Å². The van der Waals surface area contributed by atoms with Gasteiger partial charge in [0.25, 0.3) is 5.91 Å². The Morgan fingerprint density at radius 3 is 2.62 bits per heavy atom. The van der Waals surface area contributed by atoms with E-state index in [-0.39, 0.29) is 16.5 Å². The molecule has 1 aromatic heterocycles. The van der Waals surface area contributed by atoms with Crippen LogP contribution in [0.25, 0.3) is 0 Å². The molecule has 1 aromatic carbocycles. The van der Waals surface area contributed by atoms with Gasteiger partial charge >= 0.3 is 0 Å². The lowest BCUT2D eigenvalue weighted by molar-refractivity contribution is 0.101. The van der Waals surface area contributed by atoms with E-state index in [2.05, 4.69) is 12.2 Å². The number of nitrogens with zero attached hydrogens (tertiary/aromatic N) is 2. The molecular weight excluding hydrogens is 374 g/mol. The van der Waals surface area contributed by atoms with E-state index in [1.54, 1.807) is 31.3 Å². The van der Waals surface area contributed by atoms with E-state index in [4.69, 9.17) is 11.6 Å². The average molecular weight is 396 g/mol. The predicted octanol–water partition coefficient (Wildman–Crippen LogP) is 3.35. The standard InChI is InChI=1S/C18H22ClN3O3S/c1-13-4-3-9-22(11-13)26(24,25)16-10-17(21(2)12-16)18(23)20-15-7-5-14(19)6-8-15/h5-8,10,12-13H,3-4,9,11H2,1-2H3,(H,20,23). The molecule has 1 atom stereocenters. The highest BCUT2D eigenvalue weighted by molar-refractivity contribution is 7.89. The Balaban J connectivity index is 1.81. The van der Waals surface area contributed by atoms with Crippen LogP contribution < -0.4 is 5.32 Å². The lowest BCUT2D eigenvalue weighted by Crippen LogP contribution is -2.38. The number of anilines is 1. The van der Waals surface area contributed by atoms with Crippen molar-refractivity contribution in [2.75, 3.05) is 18.4 Å². The van der Waals surface area contributed by atoms with E-state index in [0.29, 0.717) is 29.7 Å². The van der Waals surface area contributed by atoms with Crippen molar-refractivity contribution in [1.29, 1.82) is 0 Å². The van der Waals surface area contributed by atoms with Crippen molar-refractivity contribution >= 4 is 33.2 Å². The summed E-state index contributed by atoms with van der Waals surface area (Å²) in [6.07, 6.45) is 3.39. The quantitative estimate of drug-likeness (QED) is 0.862. The van der Waals surface area contributed by atoms with Gasteiger partial charge in [0.05, 0.1) is 0 Å². The monoisotopic (exact) mass is 395 g/mol. The van der Waals surface area contributed by atoms with Crippen LogP contribution in [0.2, 0.25) is 5.02 Å². The lowest BCUT2D eigenvalue weighted by atomic mass is 10.0. The molecule has 1 saturated heterocycles. The van der Waals surface area contributed by atoms with Gasteiger partial charge in [0.15, 0.2) is 0 Å². The summed E-state index contributed by atoms with van der Waals surface area (Å²) in [5.74, 6) is -0.0294. The van der Waals surface area contributed by atoms with Crippen molar-refractivity contribution in [3.63, 3.8) is 0 Å². The molecule has 1 aliphatic rings. The molecule has 26 heavy (non-hydrogen) atoms. The maximum absolute atomic E-state index is 12.9. The number of hydrogen-bond donors (Lipinski definition) is 1. The number of aryl methyl sites for hydroxylation is 1. The molecule has 1 fully saturated rings. The average Bonchev–Trinajstić information content (AvgIpc) is 3.00. The van der Waals surface area contributed by atoms with Gasteiger partial charge in [-0.25, -0.2) is 8.42 Å². The summed E-state index contributed by atoms with van der Waals surface area (Å²) in [5, 5.41) is 3.33. The number of aromatic nitrogens is 1. The molecule has 1 unspecified atom stereocenters. The fraction of sp³-hybridized carbons (Fsp3) is 0.389. The number of sulfonamides is 1. The number of amides is 1. The fourth-order valence-electron chi connectivity index (χ4n) is 3.14. The summed E-state index contributed by atoms with van der Waals surface area (Å²) in [7, 11) is -1.93. The van der Waals surface area contributed by atoms with Crippen LogP contribution in [0.1, 0.15) is 30.3 Å². The summed E-state index contributed by atoms with van der Waals surface area (Å²) in [6.45, 7) is 3.09. The highest BCUT2D eigenvalue weighted by Crippen LogP contribution is 2.25. The second-order valence-corrected chi connectivity index (χ2v) is 9.12. The van der Waals surface area contributed by atoms with Crippen LogP contribution in [0.4, 0.5) is 5.69 Å². The number of rotatable bonds is 4. The van der Waals surface area contributed by atoms with Crippen molar-refractivity contribution in [3.8, 4) is 0 Å². The highest BCUT2D eigenvalue weighted by atomic mass is 35.5. The smallest absolute Gasteiger partial charge is 0.272 e. The molecule has 0 radical (unpaired) electrons. The molecule has 0 aliphatic carbocycles. The second kappa shape index (κ2) is 7.42. The molecule has 6 nitrogen and oxygen atoms in total. The fourth-order valence-corrected chi connectivity index (χ4v) is 4.94. The summed E-state index contributed by atoms with van der Waals surface area (Å²) >= 11 is 5.84. The Bertz CT molecular complexity index is 906. The van der Waals surface area contributed by atoms with Crippen LogP contribution in [0.15, 0.2) is 41.4 Å². The van der Waals surface area contributed by atoms with E-state index in [1.165, 1.54) is 21.1 Å². The first-order chi connectivity index (χ1) is 12.3. The van der Waals surface area contributed by atoms with Gasteiger partial charge in [-0.05, 0) is 49.1 Å². The Morgan fingerprint density at radius 1 is 1.27 bits per heavy atom. The van der Waals surface area contributed by atoms with E-state index in [1.807, 2.05) is 0 Å². The normalized spacial score (nSPS) is 18.7. The third-order valence-electron chi connectivity index (χ3n) is 4.57. The van der Waals surface area contributed by atoms with Crippen LogP contribution in [0, 0.1) is 5.92 Å². The molecule has 1 aliphatic heterocycles. The topological polar surface area (TPSA) is 71.4 Å². The SMILES string of the molecule is CC1CCCN(S(=O)(=O)c2cc(C(=O)Nc3ccc(Cl)cc3)n(C)c2)C1. The summed E-state index contributed by atoms with van der Waals surface area (Å²) in [5.41, 5.74) is 0.874. The first-order valence-corrected chi connectivity index (χ1v) is 10.3. The van der Waals surface area contributed by atoms with E-state index in [9.17, 15) is 13.2 Å². The first-order valence-electron chi connectivity index (χ1n) is 8.51. The molecule has 2 heterocycles. The number of halogens is 1. The van der Waals surface area contributed by atoms with Crippen molar-refractivity contribution in [2.24, 2.45) is 13.0 Å². The largest absolute Gasteiger partial charge is 0.345 e.